The smallest absolute Gasteiger partial charge is 0.220 e. The van der Waals surface area contributed by atoms with Gasteiger partial charge in [-0.1, -0.05) is 62.7 Å². The van der Waals surface area contributed by atoms with E-state index in [0.29, 0.717) is 31.7 Å². The molecule has 2 aromatic carbocycles. The Hall–Kier alpha value is -2.70. The first-order chi connectivity index (χ1) is 17.8. The Morgan fingerprint density at radius 2 is 1.86 bits per heavy atom. The van der Waals surface area contributed by atoms with Gasteiger partial charge in [-0.2, -0.15) is 0 Å². The number of aliphatic hydroxyl groups excluding tert-OH is 2. The number of para-hydroxylation sites is 2. The van der Waals surface area contributed by atoms with Gasteiger partial charge in [0.15, 0.2) is 0 Å². The zero-order valence-corrected chi connectivity index (χ0v) is 22.6. The Balaban J connectivity index is 1.38. The molecule has 0 radical (unpaired) electrons. The number of amides is 1. The zero-order chi connectivity index (χ0) is 26.4. The number of carbonyl (C=O) groups is 1. The molecular formula is C31H43N3O3. The van der Waals surface area contributed by atoms with Crippen LogP contribution in [-0.2, 0) is 17.8 Å². The van der Waals surface area contributed by atoms with Crippen molar-refractivity contribution in [2.24, 2.45) is 11.3 Å². The van der Waals surface area contributed by atoms with Gasteiger partial charge in [-0.15, -0.1) is 0 Å². The van der Waals surface area contributed by atoms with Gasteiger partial charge in [0.05, 0.1) is 23.2 Å². The quantitative estimate of drug-likeness (QED) is 0.392. The first-order valence-corrected chi connectivity index (χ1v) is 13.9. The molecule has 3 N–H and O–H groups in total. The molecule has 0 unspecified atom stereocenters. The molecule has 6 nitrogen and oxygen atoms in total. The van der Waals surface area contributed by atoms with E-state index in [0.717, 1.165) is 54.6 Å². The van der Waals surface area contributed by atoms with Gasteiger partial charge in [0.2, 0.25) is 5.91 Å². The molecule has 1 aromatic heterocycles. The van der Waals surface area contributed by atoms with Crippen molar-refractivity contribution in [3.8, 4) is 0 Å². The molecule has 4 rings (SSSR count). The number of hydrogen-bond acceptors (Lipinski definition) is 4. The fraction of sp³-hybridized carbons (Fsp3) is 0.548. The highest BCUT2D eigenvalue weighted by molar-refractivity contribution is 5.76. The summed E-state index contributed by atoms with van der Waals surface area (Å²) in [5, 5.41) is 25.1. The van der Waals surface area contributed by atoms with Crippen LogP contribution in [0.25, 0.3) is 11.0 Å². The number of imidazole rings is 1. The number of fused-ring (bicyclic) bond motifs is 1. The van der Waals surface area contributed by atoms with E-state index >= 15 is 0 Å². The highest BCUT2D eigenvalue weighted by atomic mass is 16.3. The molecule has 200 valence electrons. The Kier molecular flexibility index (Phi) is 9.04. The summed E-state index contributed by atoms with van der Waals surface area (Å²) in [6, 6.07) is 18.2. The molecule has 6 heteroatoms. The van der Waals surface area contributed by atoms with Gasteiger partial charge in [0, 0.05) is 31.8 Å². The van der Waals surface area contributed by atoms with Gasteiger partial charge in [0.25, 0.3) is 0 Å². The normalized spacial score (nSPS) is 26.8. The number of aromatic nitrogens is 2. The van der Waals surface area contributed by atoms with Crippen molar-refractivity contribution in [1.82, 2.24) is 14.9 Å². The summed E-state index contributed by atoms with van der Waals surface area (Å²) in [5.41, 5.74) is 3.02. The second kappa shape index (κ2) is 12.2. The number of nitrogens with one attached hydrogen (secondary N) is 1. The van der Waals surface area contributed by atoms with E-state index in [1.54, 1.807) is 0 Å². The van der Waals surface area contributed by atoms with E-state index in [4.69, 9.17) is 4.98 Å². The average molecular weight is 506 g/mol. The SMILES string of the molecule is CCn1c(CCCC(=O)NC[C@@]2(C)CC[C@@H](C)C[C@H](O)[C@H](O)[C@@H](c3ccccc3)C2)nc2ccccc21. The lowest BCUT2D eigenvalue weighted by atomic mass is 9.73. The van der Waals surface area contributed by atoms with Gasteiger partial charge in [-0.05, 0) is 61.6 Å². The summed E-state index contributed by atoms with van der Waals surface area (Å²) in [7, 11) is 0. The number of aryl methyl sites for hydroxylation is 2. The lowest BCUT2D eigenvalue weighted by molar-refractivity contribution is -0.121. The standard InChI is InChI=1S/C31H43N3O3/c1-4-34-26-14-9-8-13-25(26)33-28(34)15-10-16-29(36)32-21-31(3)18-17-22(2)19-27(35)30(37)24(20-31)23-11-6-5-7-12-23/h5-9,11-14,22,24,27,30,35,37H,4,10,15-21H2,1-3H3,(H,32,36)/t22-,24-,27+,30-,31+/m1/s1. The molecule has 1 aliphatic rings. The molecule has 1 aliphatic carbocycles. The van der Waals surface area contributed by atoms with Crippen LogP contribution >= 0.6 is 0 Å². The predicted octanol–water partition coefficient (Wildman–Crippen LogP) is 5.22. The van der Waals surface area contributed by atoms with Crippen LogP contribution < -0.4 is 5.32 Å². The minimum absolute atomic E-state index is 0.0603. The molecule has 3 aromatic rings. The molecule has 37 heavy (non-hydrogen) atoms. The first-order valence-electron chi connectivity index (χ1n) is 13.9. The molecule has 1 heterocycles. The van der Waals surface area contributed by atoms with Crippen molar-refractivity contribution in [2.75, 3.05) is 6.54 Å². The van der Waals surface area contributed by atoms with Crippen molar-refractivity contribution in [3.63, 3.8) is 0 Å². The first kappa shape index (κ1) is 27.3. The second-order valence-electron chi connectivity index (χ2n) is 11.4. The summed E-state index contributed by atoms with van der Waals surface area (Å²) in [6.07, 6.45) is 3.62. The van der Waals surface area contributed by atoms with E-state index in [1.165, 1.54) is 0 Å². The lowest BCUT2D eigenvalue weighted by Crippen LogP contribution is -2.39. The van der Waals surface area contributed by atoms with Crippen LogP contribution in [-0.4, -0.2) is 44.4 Å². The van der Waals surface area contributed by atoms with Crippen LogP contribution in [0.15, 0.2) is 54.6 Å². The summed E-state index contributed by atoms with van der Waals surface area (Å²) in [4.78, 5) is 17.7. The van der Waals surface area contributed by atoms with Crippen LogP contribution in [0, 0.1) is 11.3 Å². The Morgan fingerprint density at radius 1 is 1.14 bits per heavy atom. The van der Waals surface area contributed by atoms with Gasteiger partial charge in [-0.25, -0.2) is 4.98 Å². The highest BCUT2D eigenvalue weighted by Gasteiger charge is 2.37. The largest absolute Gasteiger partial charge is 0.390 e. The summed E-state index contributed by atoms with van der Waals surface area (Å²) in [5.74, 6) is 1.23. The molecule has 0 saturated heterocycles. The van der Waals surface area contributed by atoms with Crippen molar-refractivity contribution in [3.05, 3.63) is 66.0 Å². The van der Waals surface area contributed by atoms with Crippen molar-refractivity contribution in [2.45, 2.75) is 90.4 Å². The third kappa shape index (κ3) is 6.79. The number of benzene rings is 2. The molecule has 1 amide bonds. The fourth-order valence-electron chi connectivity index (χ4n) is 5.94. The van der Waals surface area contributed by atoms with Crippen LogP contribution in [0.3, 0.4) is 0 Å². The number of aliphatic hydroxyl groups is 2. The number of carbonyl (C=O) groups excluding carboxylic acids is 1. The summed E-state index contributed by atoms with van der Waals surface area (Å²) in [6.45, 7) is 7.91. The van der Waals surface area contributed by atoms with Crippen molar-refractivity contribution >= 4 is 16.9 Å². The van der Waals surface area contributed by atoms with E-state index in [1.807, 2.05) is 48.5 Å². The van der Waals surface area contributed by atoms with Crippen LogP contribution in [0.5, 0.6) is 0 Å². The van der Waals surface area contributed by atoms with Crippen LogP contribution in [0.4, 0.5) is 0 Å². The maximum Gasteiger partial charge on any atom is 0.220 e. The lowest BCUT2D eigenvalue weighted by Gasteiger charge is -2.36. The van der Waals surface area contributed by atoms with Gasteiger partial charge < -0.3 is 20.1 Å². The van der Waals surface area contributed by atoms with E-state index in [-0.39, 0.29) is 17.2 Å². The number of nitrogens with zero attached hydrogens (tertiary/aromatic N) is 2. The van der Waals surface area contributed by atoms with Gasteiger partial charge in [0.1, 0.15) is 5.82 Å². The topological polar surface area (TPSA) is 87.4 Å². The Bertz CT molecular complexity index is 1160. The third-order valence-electron chi connectivity index (χ3n) is 8.20. The van der Waals surface area contributed by atoms with Crippen LogP contribution in [0.1, 0.15) is 76.6 Å². The fourth-order valence-corrected chi connectivity index (χ4v) is 5.94. The summed E-state index contributed by atoms with van der Waals surface area (Å²) >= 11 is 0. The number of hydrogen-bond donors (Lipinski definition) is 3. The maximum absolute atomic E-state index is 12.9. The molecule has 0 spiro atoms. The zero-order valence-electron chi connectivity index (χ0n) is 22.6. The number of rotatable bonds is 8. The predicted molar refractivity (Wildman–Crippen MR) is 148 cm³/mol. The minimum atomic E-state index is -0.823. The van der Waals surface area contributed by atoms with Crippen LogP contribution in [0.2, 0.25) is 0 Å². The van der Waals surface area contributed by atoms with E-state index in [9.17, 15) is 15.0 Å². The molecule has 1 saturated carbocycles. The molecule has 0 bridgehead atoms. The van der Waals surface area contributed by atoms with Crippen molar-refractivity contribution in [1.29, 1.82) is 0 Å². The maximum atomic E-state index is 12.9. The third-order valence-corrected chi connectivity index (χ3v) is 8.20. The van der Waals surface area contributed by atoms with Gasteiger partial charge >= 0.3 is 0 Å². The monoisotopic (exact) mass is 505 g/mol. The van der Waals surface area contributed by atoms with Crippen molar-refractivity contribution < 1.29 is 15.0 Å². The van der Waals surface area contributed by atoms with Gasteiger partial charge in [-0.3, -0.25) is 4.79 Å². The van der Waals surface area contributed by atoms with E-state index in [2.05, 4.69) is 36.7 Å². The molecule has 0 aliphatic heterocycles. The molecule has 5 atom stereocenters. The molecular weight excluding hydrogens is 462 g/mol. The second-order valence-corrected chi connectivity index (χ2v) is 11.4. The average Bonchev–Trinajstić information content (AvgIpc) is 3.28. The Morgan fingerprint density at radius 3 is 2.62 bits per heavy atom. The summed E-state index contributed by atoms with van der Waals surface area (Å²) < 4.78 is 2.23. The Labute approximate surface area is 221 Å². The highest BCUT2D eigenvalue weighted by Crippen LogP contribution is 2.41. The minimum Gasteiger partial charge on any atom is -0.390 e. The van der Waals surface area contributed by atoms with E-state index < -0.39 is 12.2 Å². The molecule has 1 fully saturated rings.